The second-order valence-electron chi connectivity index (χ2n) is 13.4. The van der Waals surface area contributed by atoms with Crippen molar-refractivity contribution in [3.05, 3.63) is 145 Å². The number of hydrogen-bond donors (Lipinski definition) is 0. The molecule has 3 heterocycles. The highest BCUT2D eigenvalue weighted by atomic mass is 32.1. The number of thiophene rings is 2. The van der Waals surface area contributed by atoms with Gasteiger partial charge in [0, 0.05) is 56.9 Å². The summed E-state index contributed by atoms with van der Waals surface area (Å²) < 4.78 is 5.27. The Morgan fingerprint density at radius 1 is 0.417 bits per heavy atom. The minimum atomic E-state index is -0.217. The zero-order valence-corrected chi connectivity index (χ0v) is 28.6. The summed E-state index contributed by atoms with van der Waals surface area (Å²) in [6, 6.07) is 50.5. The Labute approximate surface area is 288 Å². The monoisotopic (exact) mass is 652 g/mol. The summed E-state index contributed by atoms with van der Waals surface area (Å²) >= 11 is 3.73. The predicted octanol–water partition coefficient (Wildman–Crippen LogP) is 13.2. The molecule has 230 valence electrons. The Morgan fingerprint density at radius 3 is 1.31 bits per heavy atom. The lowest BCUT2D eigenvalue weighted by Crippen LogP contribution is -2.17. The molecule has 0 atom stereocenters. The molecule has 0 amide bonds. The van der Waals surface area contributed by atoms with Gasteiger partial charge in [0.25, 0.3) is 0 Å². The summed E-state index contributed by atoms with van der Waals surface area (Å²) in [4.78, 5) is 10.3. The van der Waals surface area contributed by atoms with Crippen LogP contribution in [0.1, 0.15) is 26.6 Å². The van der Waals surface area contributed by atoms with Crippen LogP contribution in [0.4, 0.5) is 0 Å². The van der Waals surface area contributed by atoms with E-state index in [1.165, 1.54) is 62.6 Å². The number of rotatable bonds is 4. The molecular weight excluding hydrogens is 621 g/mol. The zero-order valence-electron chi connectivity index (χ0n) is 27.0. The van der Waals surface area contributed by atoms with E-state index >= 15 is 0 Å². The molecule has 9 aromatic rings. The van der Waals surface area contributed by atoms with Crippen LogP contribution in [-0.4, -0.2) is 9.97 Å². The summed E-state index contributed by atoms with van der Waals surface area (Å²) in [5, 5.41) is 5.25. The molecule has 9 rings (SSSR count). The average molecular weight is 653 g/mol. The number of fused-ring (bicyclic) bond motifs is 6. The fraction of sp³-hybridized carbons (Fsp3) is 0.0909. The van der Waals surface area contributed by atoms with E-state index < -0.39 is 0 Å². The first-order valence-corrected chi connectivity index (χ1v) is 18.0. The summed E-state index contributed by atoms with van der Waals surface area (Å²) in [7, 11) is 0. The van der Waals surface area contributed by atoms with Crippen molar-refractivity contribution < 1.29 is 0 Å². The Balaban J connectivity index is 1.17. The molecule has 0 spiro atoms. The van der Waals surface area contributed by atoms with E-state index in [0.29, 0.717) is 0 Å². The van der Waals surface area contributed by atoms with Crippen LogP contribution in [0.25, 0.3) is 85.1 Å². The van der Waals surface area contributed by atoms with Gasteiger partial charge >= 0.3 is 0 Å². The number of hydrogen-bond acceptors (Lipinski definition) is 4. The summed E-state index contributed by atoms with van der Waals surface area (Å²) in [6.07, 6.45) is 0. The lowest BCUT2D eigenvalue weighted by molar-refractivity contribution is 0.547. The van der Waals surface area contributed by atoms with Gasteiger partial charge in [0.15, 0.2) is 0 Å². The lowest BCUT2D eigenvalue weighted by Gasteiger charge is -2.19. The maximum atomic E-state index is 5.17. The zero-order chi connectivity index (χ0) is 32.4. The van der Waals surface area contributed by atoms with Gasteiger partial charge in [-0.2, -0.15) is 0 Å². The third-order valence-electron chi connectivity index (χ3n) is 9.14. The molecule has 0 bridgehead atoms. The molecule has 0 radical (unpaired) electrons. The Bertz CT molecular complexity index is 2500. The van der Waals surface area contributed by atoms with Crippen LogP contribution in [0.15, 0.2) is 140 Å². The maximum absolute atomic E-state index is 5.17. The molecular formula is C44H32N2S2. The number of nitrogens with zero attached hydrogens (tertiary/aromatic N) is 2. The number of aromatic nitrogens is 2. The van der Waals surface area contributed by atoms with Crippen molar-refractivity contribution in [1.82, 2.24) is 9.97 Å². The van der Waals surface area contributed by atoms with E-state index in [1.807, 2.05) is 22.7 Å². The van der Waals surface area contributed by atoms with Crippen LogP contribution in [0.5, 0.6) is 0 Å². The molecule has 0 aliphatic carbocycles. The van der Waals surface area contributed by atoms with Gasteiger partial charge in [-0.3, -0.25) is 0 Å². The van der Waals surface area contributed by atoms with Crippen molar-refractivity contribution in [2.24, 2.45) is 0 Å². The highest BCUT2D eigenvalue weighted by molar-refractivity contribution is 7.26. The van der Waals surface area contributed by atoms with E-state index in [-0.39, 0.29) is 5.41 Å². The van der Waals surface area contributed by atoms with Gasteiger partial charge in [-0.05, 0) is 52.6 Å². The summed E-state index contributed by atoms with van der Waals surface area (Å²) in [5.41, 5.74) is 8.73. The van der Waals surface area contributed by atoms with E-state index in [1.54, 1.807) is 0 Å². The van der Waals surface area contributed by atoms with Crippen molar-refractivity contribution in [3.63, 3.8) is 0 Å². The fourth-order valence-electron chi connectivity index (χ4n) is 6.72. The Hall–Kier alpha value is -5.16. The van der Waals surface area contributed by atoms with Crippen molar-refractivity contribution in [2.75, 3.05) is 0 Å². The lowest BCUT2D eigenvalue weighted by atomic mass is 9.94. The molecule has 0 fully saturated rings. The van der Waals surface area contributed by atoms with Gasteiger partial charge in [-0.1, -0.05) is 130 Å². The molecule has 0 N–H and O–H groups in total. The van der Waals surface area contributed by atoms with E-state index in [2.05, 4.69) is 160 Å². The normalized spacial score (nSPS) is 12.1. The molecule has 0 saturated carbocycles. The van der Waals surface area contributed by atoms with Crippen LogP contribution in [0.2, 0.25) is 0 Å². The molecule has 4 heteroatoms. The molecule has 48 heavy (non-hydrogen) atoms. The van der Waals surface area contributed by atoms with Gasteiger partial charge in [0.05, 0.1) is 11.4 Å². The first kappa shape index (κ1) is 29.0. The smallest absolute Gasteiger partial charge is 0.135 e. The minimum absolute atomic E-state index is 0.217. The topological polar surface area (TPSA) is 25.8 Å². The standard InChI is InChI=1S/C44H32N2S2/c1-44(2,3)43-45-37(29-14-8-12-27(24-29)31-18-10-20-35-33-16-4-6-22-39(33)47-41(31)35)26-38(46-43)30-15-9-13-28(25-30)32-19-11-21-36-34-17-5-7-23-40(34)48-42(32)36/h4-26H,1-3H3. The van der Waals surface area contributed by atoms with Crippen LogP contribution >= 0.6 is 22.7 Å². The first-order chi connectivity index (χ1) is 23.4. The molecule has 0 saturated heterocycles. The summed E-state index contributed by atoms with van der Waals surface area (Å²) in [6.45, 7) is 6.56. The number of benzene rings is 6. The molecule has 0 aliphatic heterocycles. The minimum Gasteiger partial charge on any atom is -0.232 e. The van der Waals surface area contributed by atoms with E-state index in [9.17, 15) is 0 Å². The predicted molar refractivity (Wildman–Crippen MR) is 208 cm³/mol. The second-order valence-corrected chi connectivity index (χ2v) is 15.5. The Kier molecular flexibility index (Phi) is 6.79. The quantitative estimate of drug-likeness (QED) is 0.189. The first-order valence-electron chi connectivity index (χ1n) is 16.3. The SMILES string of the molecule is CC(C)(C)c1nc(-c2cccc(-c3cccc4c3sc3ccccc34)c2)cc(-c2cccc(-c3cccc4c3sc3ccccc34)c2)n1. The van der Waals surface area contributed by atoms with Gasteiger partial charge in [0.2, 0.25) is 0 Å². The maximum Gasteiger partial charge on any atom is 0.135 e. The van der Waals surface area contributed by atoms with Crippen LogP contribution in [0.3, 0.4) is 0 Å². The fourth-order valence-corrected chi connectivity index (χ4v) is 9.20. The van der Waals surface area contributed by atoms with Gasteiger partial charge < -0.3 is 0 Å². The molecule has 6 aromatic carbocycles. The highest BCUT2D eigenvalue weighted by Gasteiger charge is 2.21. The summed E-state index contributed by atoms with van der Waals surface area (Å²) in [5.74, 6) is 0.837. The van der Waals surface area contributed by atoms with Crippen LogP contribution < -0.4 is 0 Å². The van der Waals surface area contributed by atoms with Crippen molar-refractivity contribution >= 4 is 63.0 Å². The van der Waals surface area contributed by atoms with E-state index in [4.69, 9.17) is 9.97 Å². The Morgan fingerprint density at radius 2 is 0.833 bits per heavy atom. The molecule has 0 unspecified atom stereocenters. The van der Waals surface area contributed by atoms with Crippen LogP contribution in [-0.2, 0) is 5.41 Å². The second kappa shape index (κ2) is 11.2. The van der Waals surface area contributed by atoms with E-state index in [0.717, 1.165) is 28.3 Å². The van der Waals surface area contributed by atoms with Gasteiger partial charge in [-0.15, -0.1) is 22.7 Å². The van der Waals surface area contributed by atoms with Gasteiger partial charge in [0.1, 0.15) is 5.82 Å². The van der Waals surface area contributed by atoms with Crippen LogP contribution in [0, 0.1) is 0 Å². The largest absolute Gasteiger partial charge is 0.232 e. The highest BCUT2D eigenvalue weighted by Crippen LogP contribution is 2.42. The van der Waals surface area contributed by atoms with Gasteiger partial charge in [-0.25, -0.2) is 9.97 Å². The van der Waals surface area contributed by atoms with Crippen molar-refractivity contribution in [1.29, 1.82) is 0 Å². The molecule has 3 aromatic heterocycles. The third kappa shape index (κ3) is 4.92. The van der Waals surface area contributed by atoms with Crippen molar-refractivity contribution in [3.8, 4) is 44.8 Å². The third-order valence-corrected chi connectivity index (χ3v) is 11.6. The van der Waals surface area contributed by atoms with Crippen molar-refractivity contribution in [2.45, 2.75) is 26.2 Å². The average Bonchev–Trinajstić information content (AvgIpc) is 3.70. The molecule has 2 nitrogen and oxygen atoms in total. The molecule has 0 aliphatic rings.